The molecule has 1 aliphatic heterocycles. The van der Waals surface area contributed by atoms with Gasteiger partial charge in [0.05, 0.1) is 0 Å². The van der Waals surface area contributed by atoms with Gasteiger partial charge in [-0.05, 0) is 33.6 Å². The van der Waals surface area contributed by atoms with Gasteiger partial charge in [0.25, 0.3) is 0 Å². The van der Waals surface area contributed by atoms with Crippen molar-refractivity contribution in [2.45, 2.75) is 78.3 Å². The van der Waals surface area contributed by atoms with E-state index in [1.54, 1.807) is 0 Å². The zero-order valence-electron chi connectivity index (χ0n) is 15.9. The zero-order valence-corrected chi connectivity index (χ0v) is 18.3. The summed E-state index contributed by atoms with van der Waals surface area (Å²) in [7, 11) is 0. The predicted molar refractivity (Wildman–Crippen MR) is 111 cm³/mol. The summed E-state index contributed by atoms with van der Waals surface area (Å²) in [4.78, 5) is 19.0. The van der Waals surface area contributed by atoms with Gasteiger partial charge in [0.15, 0.2) is 5.96 Å². The van der Waals surface area contributed by atoms with E-state index in [-0.39, 0.29) is 47.4 Å². The molecule has 0 aromatic carbocycles. The molecule has 1 aliphatic carbocycles. The molecule has 1 heterocycles. The standard InChI is InChI=1S/C18H34N4O.HI/c1-6-19-16(22-13-17(2,3)18(22,4)5)20-12-15(23)21-14-10-8-7-9-11-14;/h14H,6-13H2,1-5H3,(H,19,20)(H,21,23);1H. The summed E-state index contributed by atoms with van der Waals surface area (Å²) in [5.41, 5.74) is 0.307. The Hall–Kier alpha value is -0.530. The third kappa shape index (κ3) is 4.76. The van der Waals surface area contributed by atoms with Gasteiger partial charge >= 0.3 is 0 Å². The molecule has 0 aromatic rings. The van der Waals surface area contributed by atoms with Gasteiger partial charge in [-0.3, -0.25) is 4.79 Å². The second-order valence-corrected chi connectivity index (χ2v) is 8.10. The number of nitrogens with zero attached hydrogens (tertiary/aromatic N) is 2. The van der Waals surface area contributed by atoms with E-state index in [0.717, 1.165) is 31.9 Å². The molecule has 2 rings (SSSR count). The lowest BCUT2D eigenvalue weighted by Crippen LogP contribution is -2.72. The summed E-state index contributed by atoms with van der Waals surface area (Å²) in [6.07, 6.45) is 5.99. The van der Waals surface area contributed by atoms with E-state index in [1.807, 2.05) is 0 Å². The third-order valence-corrected chi connectivity index (χ3v) is 5.82. The smallest absolute Gasteiger partial charge is 0.242 e. The van der Waals surface area contributed by atoms with E-state index in [1.165, 1.54) is 19.3 Å². The molecule has 0 bridgehead atoms. The Kier molecular flexibility index (Phi) is 7.81. The second kappa shape index (κ2) is 8.72. The molecule has 0 radical (unpaired) electrons. The second-order valence-electron chi connectivity index (χ2n) is 8.10. The first-order chi connectivity index (χ1) is 10.8. The van der Waals surface area contributed by atoms with Crippen LogP contribution in [-0.2, 0) is 4.79 Å². The molecule has 2 N–H and O–H groups in total. The number of likely N-dealkylation sites (tertiary alicyclic amines) is 1. The molecule has 0 unspecified atom stereocenters. The van der Waals surface area contributed by atoms with Crippen LogP contribution in [0.3, 0.4) is 0 Å². The Morgan fingerprint density at radius 2 is 1.79 bits per heavy atom. The van der Waals surface area contributed by atoms with E-state index in [2.05, 4.69) is 55.1 Å². The molecule has 24 heavy (non-hydrogen) atoms. The number of rotatable bonds is 4. The Morgan fingerprint density at radius 1 is 1.17 bits per heavy atom. The van der Waals surface area contributed by atoms with Gasteiger partial charge in [-0.2, -0.15) is 0 Å². The van der Waals surface area contributed by atoms with Gasteiger partial charge < -0.3 is 15.5 Å². The highest BCUT2D eigenvalue weighted by molar-refractivity contribution is 14.0. The van der Waals surface area contributed by atoms with Crippen molar-refractivity contribution in [2.75, 3.05) is 19.6 Å². The minimum atomic E-state index is 0. The molecule has 1 amide bonds. The molecule has 6 heteroatoms. The number of carbonyl (C=O) groups is 1. The Labute approximate surface area is 164 Å². The van der Waals surface area contributed by atoms with Gasteiger partial charge in [0.1, 0.15) is 6.54 Å². The van der Waals surface area contributed by atoms with Crippen LogP contribution in [0.4, 0.5) is 0 Å². The normalized spacial score (nSPS) is 23.0. The minimum Gasteiger partial charge on any atom is -0.356 e. The van der Waals surface area contributed by atoms with Gasteiger partial charge in [-0.15, -0.1) is 24.0 Å². The first kappa shape index (κ1) is 21.5. The van der Waals surface area contributed by atoms with Crippen LogP contribution in [0.5, 0.6) is 0 Å². The van der Waals surface area contributed by atoms with Crippen molar-refractivity contribution in [3.05, 3.63) is 0 Å². The van der Waals surface area contributed by atoms with Crippen LogP contribution in [0.1, 0.15) is 66.7 Å². The van der Waals surface area contributed by atoms with Crippen LogP contribution < -0.4 is 10.6 Å². The number of nitrogens with one attached hydrogen (secondary N) is 2. The summed E-state index contributed by atoms with van der Waals surface area (Å²) in [5, 5.41) is 6.47. The molecule has 140 valence electrons. The van der Waals surface area contributed by atoms with E-state index in [4.69, 9.17) is 0 Å². The van der Waals surface area contributed by atoms with Crippen LogP contribution in [0.25, 0.3) is 0 Å². The topological polar surface area (TPSA) is 56.7 Å². The van der Waals surface area contributed by atoms with Crippen LogP contribution >= 0.6 is 24.0 Å². The lowest BCUT2D eigenvalue weighted by atomic mass is 9.65. The fraction of sp³-hybridized carbons (Fsp3) is 0.889. The van der Waals surface area contributed by atoms with Gasteiger partial charge in [0, 0.05) is 30.1 Å². The third-order valence-electron chi connectivity index (χ3n) is 5.82. The lowest BCUT2D eigenvalue weighted by Gasteiger charge is -2.62. The maximum absolute atomic E-state index is 12.2. The molecule has 5 nitrogen and oxygen atoms in total. The van der Waals surface area contributed by atoms with E-state index in [9.17, 15) is 4.79 Å². The largest absolute Gasteiger partial charge is 0.356 e. The lowest BCUT2D eigenvalue weighted by molar-refractivity contribution is -0.120. The van der Waals surface area contributed by atoms with Crippen molar-refractivity contribution in [3.63, 3.8) is 0 Å². The number of halogens is 1. The van der Waals surface area contributed by atoms with Gasteiger partial charge in [-0.1, -0.05) is 33.1 Å². The summed E-state index contributed by atoms with van der Waals surface area (Å²) in [6, 6.07) is 0.355. The predicted octanol–water partition coefficient (Wildman–Crippen LogP) is 3.14. The van der Waals surface area contributed by atoms with Crippen molar-refractivity contribution in [3.8, 4) is 0 Å². The fourth-order valence-electron chi connectivity index (χ4n) is 3.46. The molecular weight excluding hydrogens is 415 g/mol. The van der Waals surface area contributed by atoms with E-state index >= 15 is 0 Å². The fourth-order valence-corrected chi connectivity index (χ4v) is 3.46. The summed E-state index contributed by atoms with van der Waals surface area (Å²) in [5.74, 6) is 0.903. The number of hydrogen-bond donors (Lipinski definition) is 2. The summed E-state index contributed by atoms with van der Waals surface area (Å²) in [6.45, 7) is 13.1. The van der Waals surface area contributed by atoms with Gasteiger partial charge in [0.2, 0.25) is 5.91 Å². The molecule has 2 fully saturated rings. The molecule has 1 saturated carbocycles. The highest BCUT2D eigenvalue weighted by Gasteiger charge is 2.53. The molecule has 0 aromatic heterocycles. The quantitative estimate of drug-likeness (QED) is 0.393. The Balaban J connectivity index is 0.00000288. The maximum atomic E-state index is 12.2. The molecule has 0 spiro atoms. The van der Waals surface area contributed by atoms with Crippen LogP contribution in [0.15, 0.2) is 4.99 Å². The first-order valence-corrected chi connectivity index (χ1v) is 9.13. The van der Waals surface area contributed by atoms with Crippen molar-refractivity contribution in [2.24, 2.45) is 10.4 Å². The van der Waals surface area contributed by atoms with E-state index < -0.39 is 0 Å². The average Bonchev–Trinajstić information content (AvgIpc) is 2.50. The number of guanidine groups is 1. The zero-order chi connectivity index (χ0) is 17.1. The molecule has 0 atom stereocenters. The average molecular weight is 450 g/mol. The maximum Gasteiger partial charge on any atom is 0.242 e. The minimum absolute atomic E-state index is 0. The highest BCUT2D eigenvalue weighted by Crippen LogP contribution is 2.46. The van der Waals surface area contributed by atoms with Crippen molar-refractivity contribution in [1.82, 2.24) is 15.5 Å². The SMILES string of the molecule is CCNC(=NCC(=O)NC1CCCCC1)N1CC(C)(C)C1(C)C.I. The Morgan fingerprint density at radius 3 is 2.29 bits per heavy atom. The number of hydrogen-bond acceptors (Lipinski definition) is 2. The molecular formula is C18H35IN4O. The molecule has 2 aliphatic rings. The summed E-state index contributed by atoms with van der Waals surface area (Å²) < 4.78 is 0. The first-order valence-electron chi connectivity index (χ1n) is 9.13. The van der Waals surface area contributed by atoms with Gasteiger partial charge in [-0.25, -0.2) is 4.99 Å². The van der Waals surface area contributed by atoms with Crippen LogP contribution in [0, 0.1) is 5.41 Å². The summed E-state index contributed by atoms with van der Waals surface area (Å²) >= 11 is 0. The molecule has 1 saturated heterocycles. The van der Waals surface area contributed by atoms with Crippen LogP contribution in [-0.4, -0.2) is 48.0 Å². The monoisotopic (exact) mass is 450 g/mol. The number of amides is 1. The van der Waals surface area contributed by atoms with E-state index in [0.29, 0.717) is 6.04 Å². The van der Waals surface area contributed by atoms with Crippen molar-refractivity contribution >= 4 is 35.8 Å². The van der Waals surface area contributed by atoms with Crippen molar-refractivity contribution < 1.29 is 4.79 Å². The number of aliphatic imine (C=N–C) groups is 1. The van der Waals surface area contributed by atoms with Crippen LogP contribution in [0.2, 0.25) is 0 Å². The van der Waals surface area contributed by atoms with Crippen molar-refractivity contribution in [1.29, 1.82) is 0 Å². The number of carbonyl (C=O) groups excluding carboxylic acids is 1. The Bertz CT molecular complexity index is 456. The highest BCUT2D eigenvalue weighted by atomic mass is 127.